The molecule has 1 N–H and O–H groups in total. The van der Waals surface area contributed by atoms with Gasteiger partial charge in [-0.25, -0.2) is 0 Å². The number of nitrogens with one attached hydrogen (secondary N) is 1. The Kier molecular flexibility index (Phi) is 3.95. The van der Waals surface area contributed by atoms with E-state index in [-0.39, 0.29) is 0 Å². The third kappa shape index (κ3) is 2.46. The van der Waals surface area contributed by atoms with Crippen LogP contribution in [0.25, 0.3) is 0 Å². The molecule has 0 aromatic rings. The lowest BCUT2D eigenvalue weighted by molar-refractivity contribution is 0.0900. The predicted molar refractivity (Wildman–Crippen MR) is 74.5 cm³/mol. The second kappa shape index (κ2) is 5.50. The topological polar surface area (TPSA) is 21.3 Å². The van der Waals surface area contributed by atoms with Crippen LogP contribution < -0.4 is 5.32 Å². The first-order valence-electron chi connectivity index (χ1n) is 8.13. The van der Waals surface area contributed by atoms with Crippen molar-refractivity contribution in [2.24, 2.45) is 23.7 Å². The van der Waals surface area contributed by atoms with E-state index >= 15 is 0 Å². The van der Waals surface area contributed by atoms with Gasteiger partial charge in [-0.05, 0) is 63.3 Å². The van der Waals surface area contributed by atoms with Crippen molar-refractivity contribution in [1.82, 2.24) is 5.32 Å². The van der Waals surface area contributed by atoms with Gasteiger partial charge in [0, 0.05) is 18.6 Å². The van der Waals surface area contributed by atoms with Gasteiger partial charge < -0.3 is 10.1 Å². The molecule has 3 rings (SSSR count). The summed E-state index contributed by atoms with van der Waals surface area (Å²) in [5.74, 6) is 3.91. The molecule has 3 aliphatic rings. The maximum Gasteiger partial charge on any atom is 0.0590 e. The summed E-state index contributed by atoms with van der Waals surface area (Å²) in [6.07, 6.45) is 9.25. The van der Waals surface area contributed by atoms with Crippen LogP contribution in [0, 0.1) is 23.7 Å². The molecule has 2 bridgehead atoms. The maximum absolute atomic E-state index is 5.78. The first-order chi connectivity index (χ1) is 8.78. The van der Waals surface area contributed by atoms with Gasteiger partial charge in [0.15, 0.2) is 0 Å². The van der Waals surface area contributed by atoms with Gasteiger partial charge in [0.1, 0.15) is 0 Å². The zero-order valence-electron chi connectivity index (χ0n) is 12.0. The van der Waals surface area contributed by atoms with Crippen LogP contribution >= 0.6 is 0 Å². The highest BCUT2D eigenvalue weighted by atomic mass is 16.5. The van der Waals surface area contributed by atoms with Crippen LogP contribution in [0.15, 0.2) is 0 Å². The lowest BCUT2D eigenvalue weighted by Crippen LogP contribution is -2.41. The summed E-state index contributed by atoms with van der Waals surface area (Å²) in [7, 11) is 0. The van der Waals surface area contributed by atoms with Crippen molar-refractivity contribution in [3.63, 3.8) is 0 Å². The van der Waals surface area contributed by atoms with E-state index in [1.54, 1.807) is 6.42 Å². The minimum Gasteiger partial charge on any atom is -0.378 e. The van der Waals surface area contributed by atoms with Crippen molar-refractivity contribution in [3.05, 3.63) is 0 Å². The average molecular weight is 251 g/mol. The van der Waals surface area contributed by atoms with E-state index in [0.717, 1.165) is 36.8 Å². The van der Waals surface area contributed by atoms with Gasteiger partial charge in [-0.2, -0.15) is 0 Å². The molecule has 1 aliphatic heterocycles. The van der Waals surface area contributed by atoms with Crippen molar-refractivity contribution in [3.8, 4) is 0 Å². The Morgan fingerprint density at radius 1 is 1.22 bits per heavy atom. The number of ether oxygens (including phenoxy) is 1. The number of hydrogen-bond acceptors (Lipinski definition) is 2. The van der Waals surface area contributed by atoms with Crippen molar-refractivity contribution < 1.29 is 4.74 Å². The van der Waals surface area contributed by atoms with Gasteiger partial charge in [0.25, 0.3) is 0 Å². The van der Waals surface area contributed by atoms with Crippen LogP contribution in [0.3, 0.4) is 0 Å². The van der Waals surface area contributed by atoms with Crippen LogP contribution in [0.5, 0.6) is 0 Å². The third-order valence-corrected chi connectivity index (χ3v) is 5.86. The molecule has 0 amide bonds. The van der Waals surface area contributed by atoms with E-state index in [1.165, 1.54) is 32.1 Å². The van der Waals surface area contributed by atoms with Crippen molar-refractivity contribution in [2.75, 3.05) is 13.2 Å². The normalized spacial score (nSPS) is 44.7. The molecule has 0 aromatic carbocycles. The molecule has 0 aromatic heterocycles. The fraction of sp³-hybridized carbons (Fsp3) is 1.00. The molecule has 0 spiro atoms. The van der Waals surface area contributed by atoms with Crippen molar-refractivity contribution >= 4 is 0 Å². The lowest BCUT2D eigenvalue weighted by atomic mass is 9.79. The lowest BCUT2D eigenvalue weighted by Gasteiger charge is -2.32. The van der Waals surface area contributed by atoms with Crippen molar-refractivity contribution in [2.45, 2.75) is 64.5 Å². The molecule has 1 heterocycles. The zero-order chi connectivity index (χ0) is 12.5. The predicted octanol–water partition coefficient (Wildman–Crippen LogP) is 3.22. The monoisotopic (exact) mass is 251 g/mol. The maximum atomic E-state index is 5.78. The Morgan fingerprint density at radius 2 is 2.11 bits per heavy atom. The molecule has 6 atom stereocenters. The molecule has 2 saturated carbocycles. The van der Waals surface area contributed by atoms with E-state index in [2.05, 4.69) is 19.2 Å². The van der Waals surface area contributed by atoms with Gasteiger partial charge in [0.05, 0.1) is 6.10 Å². The standard InChI is InChI=1S/C16H29NO/c1-3-17-16(15-6-7-18-11(15)2)10-14-9-12-4-5-13(14)8-12/h11-17H,3-10H2,1-2H3. The molecule has 104 valence electrons. The minimum absolute atomic E-state index is 0.465. The van der Waals surface area contributed by atoms with Gasteiger partial charge in [-0.3, -0.25) is 0 Å². The summed E-state index contributed by atoms with van der Waals surface area (Å²) < 4.78 is 5.78. The Labute approximate surface area is 112 Å². The van der Waals surface area contributed by atoms with Crippen LogP contribution in [0.4, 0.5) is 0 Å². The van der Waals surface area contributed by atoms with E-state index in [4.69, 9.17) is 4.74 Å². The minimum atomic E-state index is 0.465. The largest absolute Gasteiger partial charge is 0.378 e. The van der Waals surface area contributed by atoms with Gasteiger partial charge in [0.2, 0.25) is 0 Å². The molecule has 1 saturated heterocycles. The summed E-state index contributed by atoms with van der Waals surface area (Å²) >= 11 is 0. The van der Waals surface area contributed by atoms with Crippen LogP contribution in [-0.4, -0.2) is 25.3 Å². The summed E-state index contributed by atoms with van der Waals surface area (Å²) in [6, 6.07) is 0.705. The summed E-state index contributed by atoms with van der Waals surface area (Å²) in [4.78, 5) is 0. The van der Waals surface area contributed by atoms with Gasteiger partial charge in [-0.1, -0.05) is 13.3 Å². The average Bonchev–Trinajstić information content (AvgIpc) is 3.04. The number of hydrogen-bond donors (Lipinski definition) is 1. The highest BCUT2D eigenvalue weighted by molar-refractivity contribution is 4.94. The Balaban J connectivity index is 1.59. The molecule has 3 fully saturated rings. The van der Waals surface area contributed by atoms with E-state index in [1.807, 2.05) is 0 Å². The second-order valence-electron chi connectivity index (χ2n) is 6.86. The fourth-order valence-electron chi connectivity index (χ4n) is 4.94. The van der Waals surface area contributed by atoms with Crippen LogP contribution in [-0.2, 0) is 4.74 Å². The molecular weight excluding hydrogens is 222 g/mol. The molecule has 2 aliphatic carbocycles. The van der Waals surface area contributed by atoms with Crippen LogP contribution in [0.1, 0.15) is 52.4 Å². The van der Waals surface area contributed by atoms with Gasteiger partial charge in [-0.15, -0.1) is 0 Å². The van der Waals surface area contributed by atoms with Gasteiger partial charge >= 0.3 is 0 Å². The number of rotatable bonds is 5. The van der Waals surface area contributed by atoms with E-state index in [9.17, 15) is 0 Å². The molecule has 2 heteroatoms. The smallest absolute Gasteiger partial charge is 0.0590 e. The van der Waals surface area contributed by atoms with Crippen LogP contribution in [0.2, 0.25) is 0 Å². The second-order valence-corrected chi connectivity index (χ2v) is 6.86. The third-order valence-electron chi connectivity index (χ3n) is 5.86. The molecule has 0 radical (unpaired) electrons. The summed E-state index contributed by atoms with van der Waals surface area (Å²) in [5.41, 5.74) is 0. The highest BCUT2D eigenvalue weighted by Crippen LogP contribution is 2.50. The molecule has 2 nitrogen and oxygen atoms in total. The molecule has 6 unspecified atom stereocenters. The van der Waals surface area contributed by atoms with Crippen molar-refractivity contribution in [1.29, 1.82) is 0 Å². The summed E-state index contributed by atoms with van der Waals surface area (Å²) in [5, 5.41) is 3.76. The zero-order valence-corrected chi connectivity index (χ0v) is 12.0. The first kappa shape index (κ1) is 12.9. The first-order valence-corrected chi connectivity index (χ1v) is 8.13. The SMILES string of the molecule is CCNC(CC1CC2CCC1C2)C1CCOC1C. The Hall–Kier alpha value is -0.0800. The number of fused-ring (bicyclic) bond motifs is 2. The molecular formula is C16H29NO. The van der Waals surface area contributed by atoms with E-state index in [0.29, 0.717) is 12.1 Å². The highest BCUT2D eigenvalue weighted by Gasteiger charge is 2.42. The quantitative estimate of drug-likeness (QED) is 0.810. The summed E-state index contributed by atoms with van der Waals surface area (Å²) in [6.45, 7) is 6.59. The Morgan fingerprint density at radius 3 is 2.67 bits per heavy atom. The van der Waals surface area contributed by atoms with E-state index < -0.39 is 0 Å². The molecule has 18 heavy (non-hydrogen) atoms. The Bertz CT molecular complexity index is 280. The fourth-order valence-corrected chi connectivity index (χ4v) is 4.94.